The van der Waals surface area contributed by atoms with Crippen LogP contribution in [0, 0.1) is 6.92 Å². The summed E-state index contributed by atoms with van der Waals surface area (Å²) in [5.74, 6) is -0.475. The van der Waals surface area contributed by atoms with Gasteiger partial charge in [-0.05, 0) is 65.0 Å². The molecule has 2 atom stereocenters. The standard InChI is InChI=1S/C26H41N3O4/c1-7-17-29(24(31)19(3)27-25(32)33-26(4,5)6)22(21-16-12-11-13-18(21)2)23(30)28-20-14-9-8-10-15-20/h11-13,16,19-20,22H,7-10,14-15,17H2,1-6H3,(H,27,32)(H,28,30). The molecule has 1 aromatic carbocycles. The predicted octanol–water partition coefficient (Wildman–Crippen LogP) is 4.64. The molecule has 1 aromatic rings. The second-order valence-electron chi connectivity index (χ2n) is 10.0. The molecule has 1 aliphatic rings. The first kappa shape index (κ1) is 26.7. The predicted molar refractivity (Wildman–Crippen MR) is 130 cm³/mol. The van der Waals surface area contributed by atoms with Gasteiger partial charge < -0.3 is 20.3 Å². The Morgan fingerprint density at radius 3 is 2.33 bits per heavy atom. The molecule has 0 radical (unpaired) electrons. The topological polar surface area (TPSA) is 87.7 Å². The lowest BCUT2D eigenvalue weighted by Crippen LogP contribution is -2.53. The van der Waals surface area contributed by atoms with Gasteiger partial charge in [0.05, 0.1) is 0 Å². The molecule has 7 heteroatoms. The summed E-state index contributed by atoms with van der Waals surface area (Å²) in [4.78, 5) is 41.0. The number of carbonyl (C=O) groups is 3. The fourth-order valence-corrected chi connectivity index (χ4v) is 4.27. The van der Waals surface area contributed by atoms with Gasteiger partial charge in [0.15, 0.2) is 0 Å². The number of ether oxygens (including phenoxy) is 1. The van der Waals surface area contributed by atoms with Crippen molar-refractivity contribution in [3.05, 3.63) is 35.4 Å². The molecule has 1 aliphatic carbocycles. The summed E-state index contributed by atoms with van der Waals surface area (Å²) in [7, 11) is 0. The van der Waals surface area contributed by atoms with Crippen LogP contribution in [0.3, 0.4) is 0 Å². The van der Waals surface area contributed by atoms with Gasteiger partial charge in [0.1, 0.15) is 17.7 Å². The lowest BCUT2D eigenvalue weighted by molar-refractivity contribution is -0.142. The molecule has 1 fully saturated rings. The van der Waals surface area contributed by atoms with Crippen LogP contribution in [0.5, 0.6) is 0 Å². The molecule has 0 spiro atoms. The molecule has 0 saturated heterocycles. The average molecular weight is 460 g/mol. The third-order valence-corrected chi connectivity index (χ3v) is 5.85. The summed E-state index contributed by atoms with van der Waals surface area (Å²) in [5, 5.41) is 5.84. The zero-order valence-corrected chi connectivity index (χ0v) is 21.1. The molecule has 0 heterocycles. The van der Waals surface area contributed by atoms with E-state index in [1.807, 2.05) is 38.1 Å². The van der Waals surface area contributed by atoms with Crippen LogP contribution < -0.4 is 10.6 Å². The number of alkyl carbamates (subject to hydrolysis) is 1. The van der Waals surface area contributed by atoms with E-state index in [2.05, 4.69) is 10.6 Å². The molecule has 2 rings (SSSR count). The molecule has 2 unspecified atom stereocenters. The van der Waals surface area contributed by atoms with Crippen molar-refractivity contribution >= 4 is 17.9 Å². The smallest absolute Gasteiger partial charge is 0.408 e. The van der Waals surface area contributed by atoms with E-state index in [-0.39, 0.29) is 17.9 Å². The van der Waals surface area contributed by atoms with Crippen LogP contribution in [0.25, 0.3) is 0 Å². The van der Waals surface area contributed by atoms with Crippen molar-refractivity contribution in [2.45, 2.75) is 104 Å². The monoisotopic (exact) mass is 459 g/mol. The van der Waals surface area contributed by atoms with Gasteiger partial charge in [-0.2, -0.15) is 0 Å². The maximum absolute atomic E-state index is 13.6. The lowest BCUT2D eigenvalue weighted by atomic mass is 9.93. The van der Waals surface area contributed by atoms with Crippen molar-refractivity contribution in [3.63, 3.8) is 0 Å². The Hall–Kier alpha value is -2.57. The van der Waals surface area contributed by atoms with E-state index < -0.39 is 23.8 Å². The van der Waals surface area contributed by atoms with E-state index >= 15 is 0 Å². The summed E-state index contributed by atoms with van der Waals surface area (Å²) in [6.45, 7) is 11.3. The molecule has 33 heavy (non-hydrogen) atoms. The zero-order valence-electron chi connectivity index (χ0n) is 21.1. The Morgan fingerprint density at radius 1 is 1.12 bits per heavy atom. The first-order valence-electron chi connectivity index (χ1n) is 12.2. The number of carbonyl (C=O) groups excluding carboxylic acids is 3. The van der Waals surface area contributed by atoms with Crippen LogP contribution in [0.1, 0.15) is 90.3 Å². The van der Waals surface area contributed by atoms with Crippen LogP contribution in [0.2, 0.25) is 0 Å². The minimum Gasteiger partial charge on any atom is -0.444 e. The first-order valence-corrected chi connectivity index (χ1v) is 12.2. The first-order chi connectivity index (χ1) is 15.5. The zero-order chi connectivity index (χ0) is 24.6. The van der Waals surface area contributed by atoms with Crippen LogP contribution in [-0.4, -0.2) is 47.0 Å². The van der Waals surface area contributed by atoms with Crippen molar-refractivity contribution in [2.75, 3.05) is 6.54 Å². The number of rotatable bonds is 8. The molecule has 2 N–H and O–H groups in total. The van der Waals surface area contributed by atoms with Crippen molar-refractivity contribution in [1.82, 2.24) is 15.5 Å². The van der Waals surface area contributed by atoms with Crippen molar-refractivity contribution in [2.24, 2.45) is 0 Å². The molecule has 7 nitrogen and oxygen atoms in total. The van der Waals surface area contributed by atoms with E-state index in [4.69, 9.17) is 4.74 Å². The SMILES string of the molecule is CCCN(C(=O)C(C)NC(=O)OC(C)(C)C)C(C(=O)NC1CCCCC1)c1ccccc1C. The van der Waals surface area contributed by atoms with Crippen LogP contribution in [-0.2, 0) is 14.3 Å². The number of hydrogen-bond donors (Lipinski definition) is 2. The largest absolute Gasteiger partial charge is 0.444 e. The summed E-state index contributed by atoms with van der Waals surface area (Å²) in [5.41, 5.74) is 1.08. The highest BCUT2D eigenvalue weighted by atomic mass is 16.6. The number of benzene rings is 1. The molecule has 3 amide bonds. The van der Waals surface area contributed by atoms with Crippen molar-refractivity contribution in [1.29, 1.82) is 0 Å². The Bertz CT molecular complexity index is 812. The maximum atomic E-state index is 13.6. The second-order valence-corrected chi connectivity index (χ2v) is 10.0. The van der Waals surface area contributed by atoms with Gasteiger partial charge in [-0.3, -0.25) is 9.59 Å². The second kappa shape index (κ2) is 12.1. The quantitative estimate of drug-likeness (QED) is 0.593. The highest BCUT2D eigenvalue weighted by Crippen LogP contribution is 2.27. The summed E-state index contributed by atoms with van der Waals surface area (Å²) in [6, 6.07) is 6.21. The third kappa shape index (κ3) is 8.06. The van der Waals surface area contributed by atoms with Crippen LogP contribution in [0.4, 0.5) is 4.79 Å². The van der Waals surface area contributed by atoms with Gasteiger partial charge in [0.2, 0.25) is 11.8 Å². The average Bonchev–Trinajstić information content (AvgIpc) is 2.73. The van der Waals surface area contributed by atoms with Gasteiger partial charge in [0.25, 0.3) is 0 Å². The molecule has 184 valence electrons. The Kier molecular flexibility index (Phi) is 9.74. The van der Waals surface area contributed by atoms with E-state index in [0.29, 0.717) is 13.0 Å². The minimum atomic E-state index is -0.833. The van der Waals surface area contributed by atoms with Gasteiger partial charge in [-0.15, -0.1) is 0 Å². The van der Waals surface area contributed by atoms with Crippen LogP contribution in [0.15, 0.2) is 24.3 Å². The Labute approximate surface area is 198 Å². The van der Waals surface area contributed by atoms with Crippen molar-refractivity contribution in [3.8, 4) is 0 Å². The van der Waals surface area contributed by atoms with Gasteiger partial charge in [0, 0.05) is 12.6 Å². The molecule has 0 aliphatic heterocycles. The fraction of sp³-hybridized carbons (Fsp3) is 0.654. The number of hydrogen-bond acceptors (Lipinski definition) is 4. The number of nitrogens with one attached hydrogen (secondary N) is 2. The third-order valence-electron chi connectivity index (χ3n) is 5.85. The van der Waals surface area contributed by atoms with Gasteiger partial charge >= 0.3 is 6.09 Å². The normalized spacial score (nSPS) is 16.4. The Morgan fingerprint density at radius 2 is 1.76 bits per heavy atom. The van der Waals surface area contributed by atoms with E-state index in [0.717, 1.165) is 36.8 Å². The summed E-state index contributed by atoms with van der Waals surface area (Å²) >= 11 is 0. The minimum absolute atomic E-state index is 0.133. The number of nitrogens with zero attached hydrogens (tertiary/aromatic N) is 1. The Balaban J connectivity index is 2.31. The molecule has 0 bridgehead atoms. The maximum Gasteiger partial charge on any atom is 0.408 e. The highest BCUT2D eigenvalue weighted by Gasteiger charge is 2.35. The van der Waals surface area contributed by atoms with E-state index in [1.165, 1.54) is 6.42 Å². The summed E-state index contributed by atoms with van der Waals surface area (Å²) in [6.07, 6.45) is 5.36. The summed E-state index contributed by atoms with van der Waals surface area (Å²) < 4.78 is 5.31. The molecule has 0 aromatic heterocycles. The van der Waals surface area contributed by atoms with Gasteiger partial charge in [-0.1, -0.05) is 50.5 Å². The van der Waals surface area contributed by atoms with E-state index in [9.17, 15) is 14.4 Å². The molecular weight excluding hydrogens is 418 g/mol. The number of aryl methyl sites for hydroxylation is 1. The number of amides is 3. The highest BCUT2D eigenvalue weighted by molar-refractivity contribution is 5.92. The lowest BCUT2D eigenvalue weighted by Gasteiger charge is -2.35. The van der Waals surface area contributed by atoms with E-state index in [1.54, 1.807) is 32.6 Å². The molecule has 1 saturated carbocycles. The molecular formula is C26H41N3O4. The fourth-order valence-electron chi connectivity index (χ4n) is 4.27. The van der Waals surface area contributed by atoms with Crippen LogP contribution >= 0.6 is 0 Å². The van der Waals surface area contributed by atoms with Gasteiger partial charge in [-0.25, -0.2) is 4.79 Å². The van der Waals surface area contributed by atoms with Crippen molar-refractivity contribution < 1.29 is 19.1 Å².